The first-order valence-electron chi connectivity index (χ1n) is 8.39. The van der Waals surface area contributed by atoms with Crippen LogP contribution in [0.4, 0.5) is 9.18 Å². The van der Waals surface area contributed by atoms with E-state index >= 15 is 0 Å². The summed E-state index contributed by atoms with van der Waals surface area (Å²) in [5.74, 6) is -0.580. The van der Waals surface area contributed by atoms with Crippen molar-refractivity contribution in [2.75, 3.05) is 32.7 Å². The normalized spacial score (nSPS) is 20.1. The highest BCUT2D eigenvalue weighted by Crippen LogP contribution is 2.13. The number of rotatable bonds is 4. The van der Waals surface area contributed by atoms with Gasteiger partial charge in [0.1, 0.15) is 11.9 Å². The Morgan fingerprint density at radius 3 is 2.88 bits per heavy atom. The van der Waals surface area contributed by atoms with Gasteiger partial charge in [0.2, 0.25) is 11.8 Å². The maximum absolute atomic E-state index is 13.5. The van der Waals surface area contributed by atoms with Crippen LogP contribution in [0, 0.1) is 5.82 Å². The molecule has 1 aromatic carbocycles. The largest absolute Gasteiger partial charge is 0.345 e. The van der Waals surface area contributed by atoms with Crippen molar-refractivity contribution in [3.05, 3.63) is 35.6 Å². The molecule has 2 saturated heterocycles. The molecule has 2 N–H and O–H groups in total. The molecule has 3 rings (SSSR count). The van der Waals surface area contributed by atoms with Crippen molar-refractivity contribution >= 4 is 17.8 Å². The molecule has 0 aliphatic carbocycles. The fourth-order valence-electron chi connectivity index (χ4n) is 3.16. The van der Waals surface area contributed by atoms with Gasteiger partial charge in [0, 0.05) is 19.6 Å². The van der Waals surface area contributed by atoms with Crippen molar-refractivity contribution < 1.29 is 18.8 Å². The summed E-state index contributed by atoms with van der Waals surface area (Å²) in [6, 6.07) is 5.71. The van der Waals surface area contributed by atoms with Crippen LogP contribution in [0.25, 0.3) is 0 Å². The van der Waals surface area contributed by atoms with Crippen LogP contribution < -0.4 is 10.6 Å². The molecular weight excluding hydrogens is 327 g/mol. The highest BCUT2D eigenvalue weighted by Gasteiger charge is 2.39. The maximum Gasteiger partial charge on any atom is 0.317 e. The molecule has 2 aliphatic rings. The predicted molar refractivity (Wildman–Crippen MR) is 88.2 cm³/mol. The Bertz CT molecular complexity index is 682. The molecule has 1 atom stereocenters. The zero-order chi connectivity index (χ0) is 17.8. The number of carbonyl (C=O) groups is 3. The van der Waals surface area contributed by atoms with E-state index in [0.29, 0.717) is 38.0 Å². The lowest BCUT2D eigenvalue weighted by atomic mass is 10.1. The number of aryl methyl sites for hydroxylation is 1. The van der Waals surface area contributed by atoms with Crippen LogP contribution in [0.5, 0.6) is 0 Å². The number of nitrogens with zero attached hydrogens (tertiary/aromatic N) is 2. The molecule has 2 fully saturated rings. The second-order valence-electron chi connectivity index (χ2n) is 6.19. The van der Waals surface area contributed by atoms with Crippen LogP contribution in [0.15, 0.2) is 24.3 Å². The fraction of sp³-hybridized carbons (Fsp3) is 0.471. The van der Waals surface area contributed by atoms with Crippen LogP contribution in [-0.4, -0.2) is 66.4 Å². The number of urea groups is 1. The Hall–Kier alpha value is -2.64. The van der Waals surface area contributed by atoms with Gasteiger partial charge in [-0.1, -0.05) is 18.2 Å². The first-order valence-corrected chi connectivity index (χ1v) is 8.39. The van der Waals surface area contributed by atoms with E-state index in [1.54, 1.807) is 23.1 Å². The Balaban J connectivity index is 1.45. The Morgan fingerprint density at radius 2 is 2.08 bits per heavy atom. The van der Waals surface area contributed by atoms with Gasteiger partial charge >= 0.3 is 6.03 Å². The lowest BCUT2D eigenvalue weighted by molar-refractivity contribution is -0.148. The lowest BCUT2D eigenvalue weighted by Gasteiger charge is -2.42. The first-order chi connectivity index (χ1) is 12.1. The minimum atomic E-state index is -0.612. The average Bonchev–Trinajstić information content (AvgIpc) is 2.63. The standard InChI is InChI=1S/C17H21FN4O3/c18-13-6-2-1-4-12(13)5-3-7-19-17(25)21-8-9-22-14(11-21)16(24)20-10-15(22)23/h1-2,4,6,14H,3,5,7-11H2,(H,19,25)(H,20,24). The minimum absolute atomic E-state index is 0.0254. The summed E-state index contributed by atoms with van der Waals surface area (Å²) in [7, 11) is 0. The second-order valence-corrected chi connectivity index (χ2v) is 6.19. The summed E-state index contributed by atoms with van der Waals surface area (Å²) in [5, 5.41) is 5.34. The van der Waals surface area contributed by atoms with Crippen molar-refractivity contribution in [2.24, 2.45) is 0 Å². The average molecular weight is 348 g/mol. The number of carbonyl (C=O) groups excluding carboxylic acids is 3. The van der Waals surface area contributed by atoms with Gasteiger partial charge in [0.15, 0.2) is 0 Å². The van der Waals surface area contributed by atoms with Crippen molar-refractivity contribution in [1.82, 2.24) is 20.4 Å². The topological polar surface area (TPSA) is 81.8 Å². The Morgan fingerprint density at radius 1 is 1.28 bits per heavy atom. The zero-order valence-electron chi connectivity index (χ0n) is 13.8. The van der Waals surface area contributed by atoms with E-state index in [0.717, 1.165) is 0 Å². The zero-order valence-corrected chi connectivity index (χ0v) is 13.8. The third-order valence-corrected chi connectivity index (χ3v) is 4.56. The smallest absolute Gasteiger partial charge is 0.317 e. The molecule has 2 heterocycles. The van der Waals surface area contributed by atoms with E-state index in [2.05, 4.69) is 10.6 Å². The molecule has 0 aromatic heterocycles. The van der Waals surface area contributed by atoms with E-state index in [-0.39, 0.29) is 36.8 Å². The lowest BCUT2D eigenvalue weighted by Crippen LogP contribution is -2.67. The third-order valence-electron chi connectivity index (χ3n) is 4.56. The van der Waals surface area contributed by atoms with E-state index in [9.17, 15) is 18.8 Å². The van der Waals surface area contributed by atoms with Crippen LogP contribution in [0.2, 0.25) is 0 Å². The number of hydrogen-bond acceptors (Lipinski definition) is 3. The van der Waals surface area contributed by atoms with Crippen LogP contribution in [0.3, 0.4) is 0 Å². The van der Waals surface area contributed by atoms with Crippen molar-refractivity contribution in [3.63, 3.8) is 0 Å². The molecule has 0 bridgehead atoms. The summed E-state index contributed by atoms with van der Waals surface area (Å²) >= 11 is 0. The quantitative estimate of drug-likeness (QED) is 0.758. The van der Waals surface area contributed by atoms with Gasteiger partial charge in [-0.25, -0.2) is 9.18 Å². The van der Waals surface area contributed by atoms with E-state index in [4.69, 9.17) is 0 Å². The summed E-state index contributed by atoms with van der Waals surface area (Å²) in [5.41, 5.74) is 0.628. The Labute approximate surface area is 145 Å². The van der Waals surface area contributed by atoms with Gasteiger partial charge in [-0.2, -0.15) is 0 Å². The summed E-state index contributed by atoms with van der Waals surface area (Å²) in [6.45, 7) is 1.39. The van der Waals surface area contributed by atoms with Gasteiger partial charge in [0.05, 0.1) is 13.1 Å². The number of hydrogen-bond donors (Lipinski definition) is 2. The second kappa shape index (κ2) is 7.50. The molecule has 1 aromatic rings. The molecule has 2 aliphatic heterocycles. The van der Waals surface area contributed by atoms with Gasteiger partial charge in [-0.3, -0.25) is 9.59 Å². The van der Waals surface area contributed by atoms with Gasteiger partial charge in [-0.05, 0) is 24.5 Å². The number of halogens is 1. The molecule has 1 unspecified atom stereocenters. The van der Waals surface area contributed by atoms with Crippen LogP contribution in [0.1, 0.15) is 12.0 Å². The third kappa shape index (κ3) is 3.89. The highest BCUT2D eigenvalue weighted by molar-refractivity contribution is 5.95. The fourth-order valence-corrected chi connectivity index (χ4v) is 3.16. The molecule has 8 heteroatoms. The molecule has 25 heavy (non-hydrogen) atoms. The van der Waals surface area contributed by atoms with E-state index < -0.39 is 6.04 Å². The molecule has 0 radical (unpaired) electrons. The van der Waals surface area contributed by atoms with E-state index in [1.165, 1.54) is 11.0 Å². The van der Waals surface area contributed by atoms with Crippen LogP contribution in [-0.2, 0) is 16.0 Å². The SMILES string of the molecule is O=C1NCC(=O)N2CCN(C(=O)NCCCc3ccccc3F)CC12. The van der Waals surface area contributed by atoms with E-state index in [1.807, 2.05) is 0 Å². The molecule has 4 amide bonds. The van der Waals surface area contributed by atoms with Crippen molar-refractivity contribution in [2.45, 2.75) is 18.9 Å². The minimum Gasteiger partial charge on any atom is -0.345 e. The number of amides is 4. The Kier molecular flexibility index (Phi) is 5.16. The van der Waals surface area contributed by atoms with Gasteiger partial charge in [-0.15, -0.1) is 0 Å². The summed E-state index contributed by atoms with van der Waals surface area (Å²) < 4.78 is 13.5. The molecule has 0 spiro atoms. The first kappa shape index (κ1) is 17.2. The summed E-state index contributed by atoms with van der Waals surface area (Å²) in [4.78, 5) is 39.0. The van der Waals surface area contributed by atoms with Gasteiger partial charge < -0.3 is 20.4 Å². The molecular formula is C17H21FN4O3. The number of piperazine rings is 2. The monoisotopic (exact) mass is 348 g/mol. The van der Waals surface area contributed by atoms with Crippen LogP contribution >= 0.6 is 0 Å². The molecule has 0 saturated carbocycles. The van der Waals surface area contributed by atoms with Gasteiger partial charge in [0.25, 0.3) is 0 Å². The maximum atomic E-state index is 13.5. The number of benzene rings is 1. The molecule has 134 valence electrons. The molecule has 7 nitrogen and oxygen atoms in total. The number of nitrogens with one attached hydrogen (secondary N) is 2. The highest BCUT2D eigenvalue weighted by atomic mass is 19.1. The van der Waals surface area contributed by atoms with Crippen molar-refractivity contribution in [3.8, 4) is 0 Å². The predicted octanol–water partition coefficient (Wildman–Crippen LogP) is 0.111. The van der Waals surface area contributed by atoms with Crippen molar-refractivity contribution in [1.29, 1.82) is 0 Å². The number of fused-ring (bicyclic) bond motifs is 1. The summed E-state index contributed by atoms with van der Waals surface area (Å²) in [6.07, 6.45) is 1.16.